The molecule has 0 bridgehead atoms. The summed E-state index contributed by atoms with van der Waals surface area (Å²) in [6.07, 6.45) is 1.44. The van der Waals surface area contributed by atoms with Gasteiger partial charge in [-0.25, -0.2) is 9.97 Å². The molecule has 1 aromatic carbocycles. The number of nitrogens with one attached hydrogen (secondary N) is 1. The van der Waals surface area contributed by atoms with Crippen LogP contribution in [0, 0.1) is 12.8 Å². The largest absolute Gasteiger partial charge is 0.480 e. The molecule has 29 heavy (non-hydrogen) atoms. The third-order valence-electron chi connectivity index (χ3n) is 5.07. The Morgan fingerprint density at radius 1 is 1.24 bits per heavy atom. The van der Waals surface area contributed by atoms with Crippen molar-refractivity contribution in [2.24, 2.45) is 5.92 Å². The first-order valence-electron chi connectivity index (χ1n) is 9.71. The van der Waals surface area contributed by atoms with Gasteiger partial charge >= 0.3 is 0 Å². The van der Waals surface area contributed by atoms with Crippen molar-refractivity contribution in [3.63, 3.8) is 0 Å². The van der Waals surface area contributed by atoms with Crippen molar-refractivity contribution in [3.05, 3.63) is 47.5 Å². The lowest BCUT2D eigenvalue weighted by Gasteiger charge is -2.18. The predicted octanol–water partition coefficient (Wildman–Crippen LogP) is 2.24. The van der Waals surface area contributed by atoms with Crippen LogP contribution in [0.4, 0.5) is 0 Å². The Labute approximate surface area is 168 Å². The summed E-state index contributed by atoms with van der Waals surface area (Å²) < 4.78 is 16.2. The molecule has 3 heterocycles. The highest BCUT2D eigenvalue weighted by molar-refractivity contribution is 5.77. The average molecular weight is 396 g/mol. The standard InChI is InChI=1S/C21H24N4O4/c1-13-9-15(29-25-13)10-14-11-28-12-19(14)23-20(26)8-7-18-21(27-2)24-17-6-4-3-5-16(17)22-18/h3-6,9,14,19H,7-8,10-12H2,1-2H3,(H,23,26)/t14-,19+/m1/s1. The van der Waals surface area contributed by atoms with E-state index in [4.69, 9.17) is 14.0 Å². The van der Waals surface area contributed by atoms with Gasteiger partial charge in [0, 0.05) is 31.2 Å². The molecule has 1 N–H and O–H groups in total. The molecule has 8 nitrogen and oxygen atoms in total. The third kappa shape index (κ3) is 4.54. The van der Waals surface area contributed by atoms with Crippen molar-refractivity contribution in [2.45, 2.75) is 32.2 Å². The Balaban J connectivity index is 1.36. The first kappa shape index (κ1) is 19.3. The molecule has 8 heteroatoms. The van der Waals surface area contributed by atoms with Crippen LogP contribution < -0.4 is 10.1 Å². The molecule has 1 aliphatic heterocycles. The van der Waals surface area contributed by atoms with E-state index in [-0.39, 0.29) is 17.9 Å². The number of methoxy groups -OCH3 is 1. The van der Waals surface area contributed by atoms with Crippen molar-refractivity contribution >= 4 is 16.9 Å². The van der Waals surface area contributed by atoms with Gasteiger partial charge in [-0.15, -0.1) is 0 Å². The number of carbonyl (C=O) groups excluding carboxylic acids is 1. The molecule has 152 valence electrons. The van der Waals surface area contributed by atoms with Gasteiger partial charge in [0.15, 0.2) is 0 Å². The first-order chi connectivity index (χ1) is 14.1. The predicted molar refractivity (Wildman–Crippen MR) is 106 cm³/mol. The molecular formula is C21H24N4O4. The number of nitrogens with zero attached hydrogens (tertiary/aromatic N) is 3. The Hall–Kier alpha value is -3.00. The summed E-state index contributed by atoms with van der Waals surface area (Å²) in [5.74, 6) is 1.39. The number of benzene rings is 1. The molecule has 1 saturated heterocycles. The van der Waals surface area contributed by atoms with Gasteiger partial charge in [0.25, 0.3) is 0 Å². The van der Waals surface area contributed by atoms with E-state index < -0.39 is 0 Å². The van der Waals surface area contributed by atoms with Gasteiger partial charge in [-0.2, -0.15) is 0 Å². The van der Waals surface area contributed by atoms with E-state index in [1.54, 1.807) is 7.11 Å². The summed E-state index contributed by atoms with van der Waals surface area (Å²) in [4.78, 5) is 21.6. The summed E-state index contributed by atoms with van der Waals surface area (Å²) in [7, 11) is 1.56. The van der Waals surface area contributed by atoms with E-state index >= 15 is 0 Å². The lowest BCUT2D eigenvalue weighted by Crippen LogP contribution is -2.40. The summed E-state index contributed by atoms with van der Waals surface area (Å²) in [6.45, 7) is 2.98. The highest BCUT2D eigenvalue weighted by Crippen LogP contribution is 2.22. The minimum Gasteiger partial charge on any atom is -0.480 e. The maximum Gasteiger partial charge on any atom is 0.235 e. The van der Waals surface area contributed by atoms with Gasteiger partial charge < -0.3 is 19.3 Å². The zero-order chi connectivity index (χ0) is 20.2. The number of para-hydroxylation sites is 2. The summed E-state index contributed by atoms with van der Waals surface area (Å²) >= 11 is 0. The van der Waals surface area contributed by atoms with E-state index in [1.165, 1.54) is 0 Å². The van der Waals surface area contributed by atoms with Crippen LogP contribution >= 0.6 is 0 Å². The second-order valence-corrected chi connectivity index (χ2v) is 7.28. The molecule has 1 aliphatic rings. The van der Waals surface area contributed by atoms with Crippen LogP contribution in [0.25, 0.3) is 11.0 Å². The third-order valence-corrected chi connectivity index (χ3v) is 5.07. The van der Waals surface area contributed by atoms with Crippen LogP contribution in [-0.2, 0) is 22.4 Å². The fourth-order valence-corrected chi connectivity index (χ4v) is 3.59. The summed E-state index contributed by atoms with van der Waals surface area (Å²) in [5, 5.41) is 7.00. The Bertz CT molecular complexity index is 1000. The lowest BCUT2D eigenvalue weighted by atomic mass is 9.98. The number of aromatic nitrogens is 3. The van der Waals surface area contributed by atoms with E-state index in [1.807, 2.05) is 37.3 Å². The van der Waals surface area contributed by atoms with Crippen LogP contribution in [0.2, 0.25) is 0 Å². The van der Waals surface area contributed by atoms with Gasteiger partial charge in [0.05, 0.1) is 43.1 Å². The van der Waals surface area contributed by atoms with E-state index in [0.29, 0.717) is 44.1 Å². The minimum absolute atomic E-state index is 0.0440. The number of fused-ring (bicyclic) bond motifs is 1. The van der Waals surface area contributed by atoms with Crippen LogP contribution in [0.15, 0.2) is 34.9 Å². The van der Waals surface area contributed by atoms with Crippen molar-refractivity contribution in [1.82, 2.24) is 20.4 Å². The molecule has 0 aliphatic carbocycles. The van der Waals surface area contributed by atoms with Gasteiger partial charge in [-0.1, -0.05) is 17.3 Å². The number of amides is 1. The van der Waals surface area contributed by atoms with Crippen LogP contribution in [0.5, 0.6) is 5.88 Å². The molecule has 0 radical (unpaired) electrons. The van der Waals surface area contributed by atoms with E-state index in [9.17, 15) is 4.79 Å². The SMILES string of the molecule is COc1nc2ccccc2nc1CCC(=O)N[C@H]1COC[C@H]1Cc1cc(C)no1. The fraction of sp³-hybridized carbons (Fsp3) is 0.429. The van der Waals surface area contributed by atoms with Crippen molar-refractivity contribution < 1.29 is 18.8 Å². The molecular weight excluding hydrogens is 372 g/mol. The smallest absolute Gasteiger partial charge is 0.235 e. The zero-order valence-corrected chi connectivity index (χ0v) is 16.6. The molecule has 2 atom stereocenters. The number of hydrogen-bond acceptors (Lipinski definition) is 7. The highest BCUT2D eigenvalue weighted by Gasteiger charge is 2.30. The topological polar surface area (TPSA) is 99.4 Å². The minimum atomic E-state index is -0.0451. The molecule has 3 aromatic rings. The molecule has 0 spiro atoms. The van der Waals surface area contributed by atoms with Crippen molar-refractivity contribution in [1.29, 1.82) is 0 Å². The second kappa shape index (κ2) is 8.57. The van der Waals surface area contributed by atoms with E-state index in [0.717, 1.165) is 22.5 Å². The number of aryl methyl sites for hydroxylation is 2. The van der Waals surface area contributed by atoms with Crippen LogP contribution in [0.1, 0.15) is 23.6 Å². The molecule has 0 saturated carbocycles. The highest BCUT2D eigenvalue weighted by atomic mass is 16.5. The van der Waals surface area contributed by atoms with Gasteiger partial charge in [-0.05, 0) is 19.1 Å². The van der Waals surface area contributed by atoms with Gasteiger partial charge in [0.2, 0.25) is 11.8 Å². The van der Waals surface area contributed by atoms with Crippen LogP contribution in [0.3, 0.4) is 0 Å². The zero-order valence-electron chi connectivity index (χ0n) is 16.6. The molecule has 2 aromatic heterocycles. The summed E-state index contributed by atoms with van der Waals surface area (Å²) in [6, 6.07) is 9.48. The molecule has 1 amide bonds. The second-order valence-electron chi connectivity index (χ2n) is 7.28. The lowest BCUT2D eigenvalue weighted by molar-refractivity contribution is -0.122. The average Bonchev–Trinajstić information content (AvgIpc) is 3.34. The van der Waals surface area contributed by atoms with Crippen LogP contribution in [-0.4, -0.2) is 47.4 Å². The first-order valence-corrected chi connectivity index (χ1v) is 9.71. The van der Waals surface area contributed by atoms with Crippen molar-refractivity contribution in [2.75, 3.05) is 20.3 Å². The Morgan fingerprint density at radius 3 is 2.76 bits per heavy atom. The molecule has 4 rings (SSSR count). The Kier molecular flexibility index (Phi) is 5.71. The van der Waals surface area contributed by atoms with Crippen molar-refractivity contribution in [3.8, 4) is 5.88 Å². The number of ether oxygens (including phenoxy) is 2. The summed E-state index contributed by atoms with van der Waals surface area (Å²) in [5.41, 5.74) is 3.09. The van der Waals surface area contributed by atoms with E-state index in [2.05, 4.69) is 20.4 Å². The van der Waals surface area contributed by atoms with Gasteiger partial charge in [-0.3, -0.25) is 4.79 Å². The maximum absolute atomic E-state index is 12.5. The van der Waals surface area contributed by atoms with Gasteiger partial charge in [0.1, 0.15) is 11.5 Å². The fourth-order valence-electron chi connectivity index (χ4n) is 3.59. The molecule has 1 fully saturated rings. The normalized spacial score (nSPS) is 18.8. The molecule has 0 unspecified atom stereocenters. The monoisotopic (exact) mass is 396 g/mol. The number of rotatable bonds is 7. The Morgan fingerprint density at radius 2 is 2.03 bits per heavy atom. The number of hydrogen-bond donors (Lipinski definition) is 1. The number of carbonyl (C=O) groups is 1. The quantitative estimate of drug-likeness (QED) is 0.654. The maximum atomic E-state index is 12.5.